The molecule has 0 aliphatic carbocycles. The molecule has 0 aromatic carbocycles. The lowest BCUT2D eigenvalue weighted by atomic mass is 10.0. The van der Waals surface area contributed by atoms with E-state index in [1.54, 1.807) is 0 Å². The zero-order valence-corrected chi connectivity index (χ0v) is 11.9. The van der Waals surface area contributed by atoms with Crippen LogP contribution in [0.4, 0.5) is 24.7 Å². The largest absolute Gasteiger partial charge is 0.408 e. The SMILES string of the molecule is C[C@@H](NC(=O)c1ncc2c(n1)N[C@H]1CCCN2C1)C(F)(F)F. The summed E-state index contributed by atoms with van der Waals surface area (Å²) < 4.78 is 37.4. The standard InChI is InChI=1S/C13H16F3N5O/c1-7(13(14,15)16)18-12(22)11-17-5-9-10(20-11)19-8-3-2-4-21(9)6-8/h5,7-8H,2-4,6H2,1H3,(H,18,22)(H,17,19,20)/t7-,8+/m1/s1. The Morgan fingerprint density at radius 3 is 3.05 bits per heavy atom. The van der Waals surface area contributed by atoms with E-state index in [2.05, 4.69) is 20.2 Å². The number of alkyl halides is 3. The van der Waals surface area contributed by atoms with E-state index >= 15 is 0 Å². The van der Waals surface area contributed by atoms with E-state index in [0.717, 1.165) is 38.5 Å². The number of hydrogen-bond acceptors (Lipinski definition) is 5. The highest BCUT2D eigenvalue weighted by Gasteiger charge is 2.38. The fourth-order valence-electron chi connectivity index (χ4n) is 2.67. The molecule has 22 heavy (non-hydrogen) atoms. The van der Waals surface area contributed by atoms with Crippen LogP contribution in [0.15, 0.2) is 6.20 Å². The van der Waals surface area contributed by atoms with Crippen molar-refractivity contribution in [1.29, 1.82) is 0 Å². The molecule has 0 unspecified atom stereocenters. The molecule has 0 radical (unpaired) electrons. The van der Waals surface area contributed by atoms with Gasteiger partial charge in [-0.15, -0.1) is 0 Å². The fraction of sp³-hybridized carbons (Fsp3) is 0.615. The average Bonchev–Trinajstić information content (AvgIpc) is 2.45. The molecule has 1 saturated heterocycles. The summed E-state index contributed by atoms with van der Waals surface area (Å²) in [5, 5.41) is 5.08. The molecule has 2 atom stereocenters. The van der Waals surface area contributed by atoms with Crippen molar-refractivity contribution in [2.24, 2.45) is 0 Å². The van der Waals surface area contributed by atoms with Crippen molar-refractivity contribution in [2.45, 2.75) is 38.0 Å². The Morgan fingerprint density at radius 1 is 1.55 bits per heavy atom. The molecule has 2 bridgehead atoms. The number of nitrogens with one attached hydrogen (secondary N) is 2. The highest BCUT2D eigenvalue weighted by atomic mass is 19.4. The summed E-state index contributed by atoms with van der Waals surface area (Å²) >= 11 is 0. The quantitative estimate of drug-likeness (QED) is 0.866. The average molecular weight is 315 g/mol. The first kappa shape index (κ1) is 14.9. The maximum atomic E-state index is 12.5. The zero-order chi connectivity index (χ0) is 15.9. The first-order valence-electron chi connectivity index (χ1n) is 7.10. The minimum absolute atomic E-state index is 0.251. The molecule has 1 fully saturated rings. The maximum Gasteiger partial charge on any atom is 0.408 e. The summed E-state index contributed by atoms with van der Waals surface area (Å²) in [5.74, 6) is -0.681. The normalized spacial score (nSPS) is 21.6. The van der Waals surface area contributed by atoms with Gasteiger partial charge in [0.25, 0.3) is 5.91 Å². The Labute approximate surface area is 125 Å². The van der Waals surface area contributed by atoms with Crippen molar-refractivity contribution in [1.82, 2.24) is 15.3 Å². The zero-order valence-electron chi connectivity index (χ0n) is 11.9. The van der Waals surface area contributed by atoms with Gasteiger partial charge in [-0.05, 0) is 19.8 Å². The minimum atomic E-state index is -4.50. The maximum absolute atomic E-state index is 12.5. The fourth-order valence-corrected chi connectivity index (χ4v) is 2.67. The summed E-state index contributed by atoms with van der Waals surface area (Å²) in [6.07, 6.45) is -0.941. The molecule has 120 valence electrons. The molecule has 1 aromatic rings. The number of carbonyl (C=O) groups excluding carboxylic acids is 1. The molecule has 0 spiro atoms. The molecule has 1 amide bonds. The van der Waals surface area contributed by atoms with Crippen LogP contribution in [0.1, 0.15) is 30.4 Å². The summed E-state index contributed by atoms with van der Waals surface area (Å²) in [4.78, 5) is 22.0. The second-order valence-electron chi connectivity index (χ2n) is 5.59. The molecule has 1 aromatic heterocycles. The lowest BCUT2D eigenvalue weighted by molar-refractivity contribution is -0.149. The third kappa shape index (κ3) is 2.79. The number of halogens is 3. The van der Waals surface area contributed by atoms with Gasteiger partial charge >= 0.3 is 6.18 Å². The molecule has 2 aliphatic rings. The molecular weight excluding hydrogens is 299 g/mol. The van der Waals surface area contributed by atoms with Gasteiger partial charge < -0.3 is 15.5 Å². The first-order chi connectivity index (χ1) is 10.3. The van der Waals surface area contributed by atoms with E-state index < -0.39 is 18.1 Å². The van der Waals surface area contributed by atoms with Crippen molar-refractivity contribution in [3.63, 3.8) is 0 Å². The topological polar surface area (TPSA) is 70.1 Å². The monoisotopic (exact) mass is 315 g/mol. The Bertz CT molecular complexity index is 592. The van der Waals surface area contributed by atoms with Crippen LogP contribution in [0.3, 0.4) is 0 Å². The van der Waals surface area contributed by atoms with E-state index in [9.17, 15) is 18.0 Å². The smallest absolute Gasteiger partial charge is 0.365 e. The van der Waals surface area contributed by atoms with Crippen LogP contribution in [0.25, 0.3) is 0 Å². The molecule has 2 aliphatic heterocycles. The van der Waals surface area contributed by atoms with Gasteiger partial charge in [-0.3, -0.25) is 4.79 Å². The van der Waals surface area contributed by atoms with Crippen molar-refractivity contribution < 1.29 is 18.0 Å². The predicted octanol–water partition coefficient (Wildman–Crippen LogP) is 1.55. The second kappa shape index (κ2) is 5.29. The van der Waals surface area contributed by atoms with Crippen LogP contribution in [0, 0.1) is 0 Å². The van der Waals surface area contributed by atoms with Gasteiger partial charge in [-0.25, -0.2) is 9.97 Å². The van der Waals surface area contributed by atoms with Gasteiger partial charge in [0.15, 0.2) is 5.82 Å². The van der Waals surface area contributed by atoms with Gasteiger partial charge in [-0.2, -0.15) is 13.2 Å². The van der Waals surface area contributed by atoms with Crippen molar-refractivity contribution in [2.75, 3.05) is 23.3 Å². The highest BCUT2D eigenvalue weighted by molar-refractivity contribution is 5.91. The van der Waals surface area contributed by atoms with E-state index in [4.69, 9.17) is 0 Å². The number of amides is 1. The Kier molecular flexibility index (Phi) is 3.57. The van der Waals surface area contributed by atoms with Gasteiger partial charge in [0, 0.05) is 19.1 Å². The molecule has 3 heterocycles. The first-order valence-corrected chi connectivity index (χ1v) is 7.10. The minimum Gasteiger partial charge on any atom is -0.365 e. The summed E-state index contributed by atoms with van der Waals surface area (Å²) in [5.41, 5.74) is 0.788. The summed E-state index contributed by atoms with van der Waals surface area (Å²) in [6, 6.07) is -1.70. The third-order valence-corrected chi connectivity index (χ3v) is 3.91. The number of carbonyl (C=O) groups is 1. The van der Waals surface area contributed by atoms with Gasteiger partial charge in [0.1, 0.15) is 6.04 Å². The number of aromatic nitrogens is 2. The van der Waals surface area contributed by atoms with Gasteiger partial charge in [-0.1, -0.05) is 0 Å². The Balaban J connectivity index is 1.79. The summed E-state index contributed by atoms with van der Waals surface area (Å²) in [7, 11) is 0. The van der Waals surface area contributed by atoms with Crippen molar-refractivity contribution in [3.05, 3.63) is 12.0 Å². The number of nitrogens with zero attached hydrogens (tertiary/aromatic N) is 3. The van der Waals surface area contributed by atoms with Crippen LogP contribution in [-0.2, 0) is 0 Å². The van der Waals surface area contributed by atoms with E-state index in [-0.39, 0.29) is 11.9 Å². The van der Waals surface area contributed by atoms with Crippen molar-refractivity contribution >= 4 is 17.4 Å². The number of anilines is 2. The number of fused-ring (bicyclic) bond motifs is 4. The summed E-state index contributed by atoms with van der Waals surface area (Å²) in [6.45, 7) is 2.63. The second-order valence-corrected chi connectivity index (χ2v) is 5.59. The predicted molar refractivity (Wildman–Crippen MR) is 73.9 cm³/mol. The number of rotatable bonds is 2. The van der Waals surface area contributed by atoms with Gasteiger partial charge in [0.2, 0.25) is 5.82 Å². The molecule has 0 saturated carbocycles. The molecule has 6 nitrogen and oxygen atoms in total. The highest BCUT2D eigenvalue weighted by Crippen LogP contribution is 2.32. The lowest BCUT2D eigenvalue weighted by Crippen LogP contribution is -2.47. The lowest BCUT2D eigenvalue weighted by Gasteiger charge is -2.40. The van der Waals surface area contributed by atoms with Crippen LogP contribution in [-0.4, -0.2) is 47.2 Å². The van der Waals surface area contributed by atoms with E-state index in [0.29, 0.717) is 5.82 Å². The Morgan fingerprint density at radius 2 is 2.32 bits per heavy atom. The van der Waals surface area contributed by atoms with Gasteiger partial charge in [0.05, 0.1) is 11.9 Å². The molecule has 3 rings (SSSR count). The Hall–Kier alpha value is -2.06. The number of piperidine rings is 1. The number of hydrogen-bond donors (Lipinski definition) is 2. The molecule has 2 N–H and O–H groups in total. The van der Waals surface area contributed by atoms with Crippen LogP contribution in [0.2, 0.25) is 0 Å². The third-order valence-electron chi connectivity index (χ3n) is 3.91. The molecular formula is C13H16F3N5O. The van der Waals surface area contributed by atoms with E-state index in [1.807, 2.05) is 5.32 Å². The molecule has 9 heteroatoms. The van der Waals surface area contributed by atoms with Crippen LogP contribution in [0.5, 0.6) is 0 Å². The van der Waals surface area contributed by atoms with Crippen LogP contribution >= 0.6 is 0 Å². The van der Waals surface area contributed by atoms with Crippen LogP contribution < -0.4 is 15.5 Å². The van der Waals surface area contributed by atoms with Crippen molar-refractivity contribution in [3.8, 4) is 0 Å². The van der Waals surface area contributed by atoms with E-state index in [1.165, 1.54) is 6.20 Å².